The van der Waals surface area contributed by atoms with Crippen molar-refractivity contribution in [2.24, 2.45) is 0 Å². The second kappa shape index (κ2) is 6.12. The largest absolute Gasteiger partial charge is 0.472 e. The van der Waals surface area contributed by atoms with Gasteiger partial charge in [0, 0.05) is 30.8 Å². The first-order valence-corrected chi connectivity index (χ1v) is 8.40. The Hall–Kier alpha value is -2.61. The molecule has 8 heteroatoms. The van der Waals surface area contributed by atoms with Crippen LogP contribution in [0.15, 0.2) is 30.5 Å². The Kier molecular flexibility index (Phi) is 3.81. The first-order valence-electron chi connectivity index (χ1n) is 7.67. The third kappa shape index (κ3) is 2.92. The molecule has 0 spiro atoms. The maximum Gasteiger partial charge on any atom is 0.254 e. The summed E-state index contributed by atoms with van der Waals surface area (Å²) in [5, 5.41) is 0. The highest BCUT2D eigenvalue weighted by Crippen LogP contribution is 2.20. The second-order valence-electron chi connectivity index (χ2n) is 5.69. The fourth-order valence-electron chi connectivity index (χ4n) is 2.78. The van der Waals surface area contributed by atoms with E-state index in [-0.39, 0.29) is 12.0 Å². The number of amides is 1. The van der Waals surface area contributed by atoms with Crippen LogP contribution >= 0.6 is 11.7 Å². The Bertz CT molecular complexity index is 897. The van der Waals surface area contributed by atoms with Crippen molar-refractivity contribution in [2.45, 2.75) is 19.4 Å². The lowest BCUT2D eigenvalue weighted by atomic mass is 10.2. The number of benzene rings is 1. The summed E-state index contributed by atoms with van der Waals surface area (Å²) in [6.45, 7) is 3.04. The molecule has 1 atom stereocenters. The normalized spacial score (nSPS) is 17.4. The summed E-state index contributed by atoms with van der Waals surface area (Å²) >= 11 is 1.15. The number of hydrogen-bond donors (Lipinski definition) is 0. The Morgan fingerprint density at radius 1 is 1.29 bits per heavy atom. The average molecular weight is 341 g/mol. The Labute approximate surface area is 142 Å². The van der Waals surface area contributed by atoms with Gasteiger partial charge in [0.15, 0.2) is 0 Å². The van der Waals surface area contributed by atoms with Crippen LogP contribution in [-0.2, 0) is 0 Å². The minimum absolute atomic E-state index is 0.00475. The molecule has 1 fully saturated rings. The van der Waals surface area contributed by atoms with Crippen molar-refractivity contribution in [3.8, 4) is 5.88 Å². The van der Waals surface area contributed by atoms with Crippen molar-refractivity contribution >= 4 is 28.7 Å². The molecule has 0 aliphatic carbocycles. The summed E-state index contributed by atoms with van der Waals surface area (Å²) in [5.74, 6) is 1.22. The third-order valence-electron chi connectivity index (χ3n) is 3.97. The molecule has 0 saturated carbocycles. The van der Waals surface area contributed by atoms with Crippen LogP contribution in [0.2, 0.25) is 0 Å². The van der Waals surface area contributed by atoms with Crippen molar-refractivity contribution in [1.82, 2.24) is 23.6 Å². The highest BCUT2D eigenvalue weighted by Gasteiger charge is 2.28. The predicted molar refractivity (Wildman–Crippen MR) is 89.1 cm³/mol. The standard InChI is InChI=1S/C16H15N5O2S/c1-10-17-6-4-15(18-10)23-12-5-7-21(9-12)16(22)11-2-3-13-14(8-11)20-24-19-13/h2-4,6,8,12H,5,7,9H2,1H3/t12-/m1/s1. The SMILES string of the molecule is Cc1nccc(O[C@@H]2CCN(C(=O)c3ccc4nsnc4c3)C2)n1. The van der Waals surface area contributed by atoms with Gasteiger partial charge in [-0.25, -0.2) is 4.98 Å². The van der Waals surface area contributed by atoms with Crippen molar-refractivity contribution in [3.05, 3.63) is 41.9 Å². The van der Waals surface area contributed by atoms with Gasteiger partial charge in [-0.05, 0) is 25.1 Å². The summed E-state index contributed by atoms with van der Waals surface area (Å²) in [6.07, 6.45) is 2.41. The number of nitrogens with zero attached hydrogens (tertiary/aromatic N) is 5. The highest BCUT2D eigenvalue weighted by atomic mass is 32.1. The zero-order valence-corrected chi connectivity index (χ0v) is 13.9. The molecule has 1 aliphatic rings. The van der Waals surface area contributed by atoms with E-state index < -0.39 is 0 Å². The molecule has 1 aromatic carbocycles. The lowest BCUT2D eigenvalue weighted by Gasteiger charge is -2.17. The molecule has 7 nitrogen and oxygen atoms in total. The van der Waals surface area contributed by atoms with Gasteiger partial charge < -0.3 is 9.64 Å². The van der Waals surface area contributed by atoms with Crippen LogP contribution in [0, 0.1) is 6.92 Å². The molecule has 3 heterocycles. The van der Waals surface area contributed by atoms with E-state index >= 15 is 0 Å². The number of carbonyl (C=O) groups is 1. The maximum atomic E-state index is 12.7. The van der Waals surface area contributed by atoms with E-state index in [9.17, 15) is 4.79 Å². The van der Waals surface area contributed by atoms with Crippen molar-refractivity contribution in [3.63, 3.8) is 0 Å². The number of hydrogen-bond acceptors (Lipinski definition) is 7. The average Bonchev–Trinajstić information content (AvgIpc) is 3.22. The molecule has 1 amide bonds. The first-order chi connectivity index (χ1) is 11.7. The van der Waals surface area contributed by atoms with E-state index in [0.717, 1.165) is 29.2 Å². The summed E-state index contributed by atoms with van der Waals surface area (Å²) < 4.78 is 14.2. The van der Waals surface area contributed by atoms with Gasteiger partial charge in [0.2, 0.25) is 5.88 Å². The second-order valence-corrected chi connectivity index (χ2v) is 6.22. The number of aryl methyl sites for hydroxylation is 1. The number of carbonyl (C=O) groups excluding carboxylic acids is 1. The van der Waals surface area contributed by atoms with Gasteiger partial charge in [0.1, 0.15) is 23.0 Å². The van der Waals surface area contributed by atoms with Gasteiger partial charge in [-0.1, -0.05) is 0 Å². The Morgan fingerprint density at radius 2 is 2.17 bits per heavy atom. The van der Waals surface area contributed by atoms with E-state index in [1.54, 1.807) is 29.3 Å². The number of likely N-dealkylation sites (tertiary alicyclic amines) is 1. The maximum absolute atomic E-state index is 12.7. The van der Waals surface area contributed by atoms with Crippen LogP contribution in [0.4, 0.5) is 0 Å². The van der Waals surface area contributed by atoms with E-state index in [2.05, 4.69) is 18.7 Å². The third-order valence-corrected chi connectivity index (χ3v) is 4.53. The van der Waals surface area contributed by atoms with E-state index in [4.69, 9.17) is 4.74 Å². The summed E-state index contributed by atoms with van der Waals surface area (Å²) in [5.41, 5.74) is 2.21. The number of fused-ring (bicyclic) bond motifs is 1. The van der Waals surface area contributed by atoms with Gasteiger partial charge in [-0.2, -0.15) is 13.7 Å². The zero-order chi connectivity index (χ0) is 16.5. The Morgan fingerprint density at radius 3 is 3.04 bits per heavy atom. The molecule has 2 aromatic heterocycles. The first kappa shape index (κ1) is 14.9. The quantitative estimate of drug-likeness (QED) is 0.725. The topological polar surface area (TPSA) is 81.1 Å². The monoisotopic (exact) mass is 341 g/mol. The molecule has 0 bridgehead atoms. The molecule has 122 valence electrons. The van der Waals surface area contributed by atoms with Crippen LogP contribution in [0.25, 0.3) is 11.0 Å². The number of rotatable bonds is 3. The molecular formula is C16H15N5O2S. The molecule has 24 heavy (non-hydrogen) atoms. The van der Waals surface area contributed by atoms with Gasteiger partial charge in [-0.3, -0.25) is 4.79 Å². The summed E-state index contributed by atoms with van der Waals surface area (Å²) in [7, 11) is 0. The van der Waals surface area contributed by atoms with E-state index in [0.29, 0.717) is 30.4 Å². The minimum atomic E-state index is -0.0482. The summed E-state index contributed by atoms with van der Waals surface area (Å²) in [6, 6.07) is 7.16. The molecule has 0 unspecified atom stereocenters. The van der Waals surface area contributed by atoms with Crippen LogP contribution in [0.3, 0.4) is 0 Å². The highest BCUT2D eigenvalue weighted by molar-refractivity contribution is 7.00. The van der Waals surface area contributed by atoms with Crippen molar-refractivity contribution < 1.29 is 9.53 Å². The minimum Gasteiger partial charge on any atom is -0.472 e. The molecule has 3 aromatic rings. The molecular weight excluding hydrogens is 326 g/mol. The van der Waals surface area contributed by atoms with Crippen LogP contribution in [0.5, 0.6) is 5.88 Å². The van der Waals surface area contributed by atoms with Gasteiger partial charge >= 0.3 is 0 Å². The fourth-order valence-corrected chi connectivity index (χ4v) is 3.29. The van der Waals surface area contributed by atoms with E-state index in [1.165, 1.54) is 0 Å². The fraction of sp³-hybridized carbons (Fsp3) is 0.312. The van der Waals surface area contributed by atoms with Crippen molar-refractivity contribution in [1.29, 1.82) is 0 Å². The molecule has 1 saturated heterocycles. The molecule has 0 radical (unpaired) electrons. The van der Waals surface area contributed by atoms with Gasteiger partial charge in [0.05, 0.1) is 18.3 Å². The molecule has 0 N–H and O–H groups in total. The van der Waals surface area contributed by atoms with Crippen molar-refractivity contribution in [2.75, 3.05) is 13.1 Å². The number of aromatic nitrogens is 4. The van der Waals surface area contributed by atoms with Gasteiger partial charge in [-0.15, -0.1) is 0 Å². The number of ether oxygens (including phenoxy) is 1. The van der Waals surface area contributed by atoms with Gasteiger partial charge in [0.25, 0.3) is 5.91 Å². The van der Waals surface area contributed by atoms with Crippen LogP contribution < -0.4 is 4.74 Å². The molecule has 4 rings (SSSR count). The molecule has 1 aliphatic heterocycles. The lowest BCUT2D eigenvalue weighted by Crippen LogP contribution is -2.31. The zero-order valence-electron chi connectivity index (χ0n) is 13.0. The van der Waals surface area contributed by atoms with Crippen LogP contribution in [0.1, 0.15) is 22.6 Å². The predicted octanol–water partition coefficient (Wildman–Crippen LogP) is 2.08. The van der Waals surface area contributed by atoms with E-state index in [1.807, 2.05) is 13.0 Å². The lowest BCUT2D eigenvalue weighted by molar-refractivity contribution is 0.0771. The van der Waals surface area contributed by atoms with Crippen LogP contribution in [-0.4, -0.2) is 48.7 Å². The Balaban J connectivity index is 1.44. The smallest absolute Gasteiger partial charge is 0.254 e. The summed E-state index contributed by atoms with van der Waals surface area (Å²) in [4.78, 5) is 22.8.